The maximum Gasteiger partial charge on any atom is 0.226 e. The molecule has 3 aliphatic rings. The number of hydrogen-bond donors (Lipinski definition) is 2. The van der Waals surface area contributed by atoms with Gasteiger partial charge in [-0.05, 0) is 61.6 Å². The number of hydrogen-bond acceptors (Lipinski definition) is 5. The predicted molar refractivity (Wildman–Crippen MR) is 118 cm³/mol. The Balaban J connectivity index is 1.50. The molecule has 1 aromatic carbocycles. The zero-order chi connectivity index (χ0) is 22.2. The molecule has 2 bridgehead atoms. The van der Waals surface area contributed by atoms with Crippen LogP contribution in [0.2, 0.25) is 0 Å². The molecule has 3 N–H and O–H groups in total. The summed E-state index contributed by atoms with van der Waals surface area (Å²) in [4.78, 5) is 12.9. The molecule has 7 heteroatoms. The zero-order valence-electron chi connectivity index (χ0n) is 18.5. The Morgan fingerprint density at radius 1 is 1.10 bits per heavy atom. The second-order valence-corrected chi connectivity index (χ2v) is 8.71. The summed E-state index contributed by atoms with van der Waals surface area (Å²) in [6, 6.07) is 8.13. The van der Waals surface area contributed by atoms with Crippen LogP contribution in [0.3, 0.4) is 0 Å². The molecule has 0 spiro atoms. The first-order chi connectivity index (χ1) is 15.1. The molecule has 3 saturated carbocycles. The van der Waals surface area contributed by atoms with E-state index in [0.29, 0.717) is 44.0 Å². The van der Waals surface area contributed by atoms with Crippen LogP contribution in [-0.4, -0.2) is 52.5 Å². The standard InChI is InChI=1S/C24H35FN2O4/c1-29-14-15-30-13-12-27-22(28)24-9-6-23(7-10-24,8-11-24)20-2-4-21(5-3-20)31-18-19(16-25)17-26/h2-5,16H,6-15,17-18,26H2,1H3,(H,27,28)/b19-16+. The number of ether oxygens (including phenoxy) is 3. The third-order valence-corrected chi connectivity index (χ3v) is 7.00. The average molecular weight is 435 g/mol. The summed E-state index contributed by atoms with van der Waals surface area (Å²) in [7, 11) is 1.64. The first kappa shape index (κ1) is 23.7. The summed E-state index contributed by atoms with van der Waals surface area (Å²) in [5.41, 5.74) is 7.12. The molecule has 1 aromatic rings. The van der Waals surface area contributed by atoms with Gasteiger partial charge in [-0.2, -0.15) is 0 Å². The number of nitrogens with one attached hydrogen (secondary N) is 1. The number of halogens is 1. The third kappa shape index (κ3) is 5.64. The average Bonchev–Trinajstić information content (AvgIpc) is 2.83. The molecule has 0 atom stereocenters. The van der Waals surface area contributed by atoms with Crippen LogP contribution in [0.15, 0.2) is 36.2 Å². The van der Waals surface area contributed by atoms with E-state index in [1.807, 2.05) is 12.1 Å². The van der Waals surface area contributed by atoms with Gasteiger partial charge in [0.05, 0.1) is 26.2 Å². The van der Waals surface area contributed by atoms with Crippen LogP contribution < -0.4 is 15.8 Å². The minimum Gasteiger partial charge on any atom is -0.489 e. The molecule has 0 radical (unpaired) electrons. The summed E-state index contributed by atoms with van der Waals surface area (Å²) < 4.78 is 28.6. The molecule has 1 amide bonds. The largest absolute Gasteiger partial charge is 0.489 e. The van der Waals surface area contributed by atoms with E-state index in [9.17, 15) is 9.18 Å². The summed E-state index contributed by atoms with van der Waals surface area (Å²) >= 11 is 0. The fourth-order valence-corrected chi connectivity index (χ4v) is 4.84. The molecule has 0 aliphatic heterocycles. The van der Waals surface area contributed by atoms with Crippen molar-refractivity contribution in [1.29, 1.82) is 0 Å². The van der Waals surface area contributed by atoms with Gasteiger partial charge in [0, 0.05) is 31.2 Å². The molecule has 6 nitrogen and oxygen atoms in total. The van der Waals surface area contributed by atoms with Gasteiger partial charge in [0.1, 0.15) is 12.4 Å². The van der Waals surface area contributed by atoms with Crippen LogP contribution in [0.4, 0.5) is 4.39 Å². The SMILES string of the molecule is COCCOCCNC(=O)C12CCC(c3ccc(OC/C(=C/F)CN)cc3)(CC1)CC2. The van der Waals surface area contributed by atoms with Gasteiger partial charge in [-0.3, -0.25) is 4.79 Å². The highest BCUT2D eigenvalue weighted by molar-refractivity contribution is 5.83. The van der Waals surface area contributed by atoms with Gasteiger partial charge in [-0.1, -0.05) is 12.1 Å². The summed E-state index contributed by atoms with van der Waals surface area (Å²) in [5, 5.41) is 3.08. The molecular formula is C24H35FN2O4. The van der Waals surface area contributed by atoms with Crippen molar-refractivity contribution in [3.05, 3.63) is 41.7 Å². The molecule has 31 heavy (non-hydrogen) atoms. The van der Waals surface area contributed by atoms with E-state index in [4.69, 9.17) is 19.9 Å². The minimum atomic E-state index is -0.228. The lowest BCUT2D eigenvalue weighted by Gasteiger charge is -2.52. The lowest BCUT2D eigenvalue weighted by atomic mass is 9.51. The Kier molecular flexibility index (Phi) is 8.46. The van der Waals surface area contributed by atoms with E-state index in [-0.39, 0.29) is 29.9 Å². The zero-order valence-corrected chi connectivity index (χ0v) is 18.5. The number of carbonyl (C=O) groups is 1. The lowest BCUT2D eigenvalue weighted by molar-refractivity contribution is -0.138. The van der Waals surface area contributed by atoms with Crippen LogP contribution >= 0.6 is 0 Å². The lowest BCUT2D eigenvalue weighted by Crippen LogP contribution is -2.52. The fraction of sp³-hybridized carbons (Fsp3) is 0.625. The number of amides is 1. The normalized spacial score (nSPS) is 25.5. The highest BCUT2D eigenvalue weighted by atomic mass is 19.1. The Morgan fingerprint density at radius 2 is 1.77 bits per heavy atom. The topological polar surface area (TPSA) is 82.8 Å². The fourth-order valence-electron chi connectivity index (χ4n) is 4.84. The number of benzene rings is 1. The van der Waals surface area contributed by atoms with Gasteiger partial charge in [-0.15, -0.1) is 0 Å². The van der Waals surface area contributed by atoms with Gasteiger partial charge in [0.2, 0.25) is 5.91 Å². The predicted octanol–water partition coefficient (Wildman–Crippen LogP) is 3.25. The van der Waals surface area contributed by atoms with Crippen molar-refractivity contribution in [1.82, 2.24) is 5.32 Å². The van der Waals surface area contributed by atoms with Crippen LogP contribution in [0.1, 0.15) is 44.1 Å². The molecule has 0 aromatic heterocycles. The van der Waals surface area contributed by atoms with Gasteiger partial charge in [0.25, 0.3) is 0 Å². The second-order valence-electron chi connectivity index (χ2n) is 8.71. The molecule has 0 unspecified atom stereocenters. The molecular weight excluding hydrogens is 399 g/mol. The van der Waals surface area contributed by atoms with E-state index >= 15 is 0 Å². The molecule has 3 fully saturated rings. The van der Waals surface area contributed by atoms with E-state index in [0.717, 1.165) is 38.5 Å². The summed E-state index contributed by atoms with van der Waals surface area (Å²) in [6.45, 7) is 2.47. The maximum atomic E-state index is 12.9. The van der Waals surface area contributed by atoms with E-state index in [2.05, 4.69) is 17.4 Å². The van der Waals surface area contributed by atoms with E-state index < -0.39 is 0 Å². The highest BCUT2D eigenvalue weighted by Crippen LogP contribution is 2.57. The van der Waals surface area contributed by atoms with Gasteiger partial charge >= 0.3 is 0 Å². The van der Waals surface area contributed by atoms with Crippen LogP contribution in [-0.2, 0) is 19.7 Å². The van der Waals surface area contributed by atoms with E-state index in [1.165, 1.54) is 5.56 Å². The monoisotopic (exact) mass is 434 g/mol. The first-order valence-corrected chi connectivity index (χ1v) is 11.1. The van der Waals surface area contributed by atoms with Crippen LogP contribution in [0.5, 0.6) is 5.75 Å². The van der Waals surface area contributed by atoms with E-state index in [1.54, 1.807) is 7.11 Å². The highest BCUT2D eigenvalue weighted by Gasteiger charge is 2.52. The van der Waals surface area contributed by atoms with Crippen LogP contribution in [0.25, 0.3) is 0 Å². The second kappa shape index (κ2) is 11.1. The molecule has 172 valence electrons. The van der Waals surface area contributed by atoms with Crippen molar-refractivity contribution in [3.8, 4) is 5.75 Å². The Labute approximate surface area is 184 Å². The Morgan fingerprint density at radius 3 is 2.35 bits per heavy atom. The van der Waals surface area contributed by atoms with Gasteiger partial charge in [0.15, 0.2) is 0 Å². The Bertz CT molecular complexity index is 726. The smallest absolute Gasteiger partial charge is 0.226 e. The molecule has 0 heterocycles. The first-order valence-electron chi connectivity index (χ1n) is 11.1. The summed E-state index contributed by atoms with van der Waals surface area (Å²) in [5.74, 6) is 0.887. The number of rotatable bonds is 12. The Hall–Kier alpha value is -1.96. The van der Waals surface area contributed by atoms with Crippen molar-refractivity contribution in [3.63, 3.8) is 0 Å². The number of nitrogens with two attached hydrogens (primary N) is 1. The molecule has 3 aliphatic carbocycles. The van der Waals surface area contributed by atoms with Gasteiger partial charge in [-0.25, -0.2) is 4.39 Å². The van der Waals surface area contributed by atoms with Crippen LogP contribution in [0, 0.1) is 5.41 Å². The minimum absolute atomic E-state index is 0.144. The molecule has 4 rings (SSSR count). The van der Waals surface area contributed by atoms with Crippen molar-refractivity contribution in [2.45, 2.75) is 43.9 Å². The van der Waals surface area contributed by atoms with Crippen molar-refractivity contribution >= 4 is 5.91 Å². The quantitative estimate of drug-likeness (QED) is 0.494. The van der Waals surface area contributed by atoms with Gasteiger partial charge < -0.3 is 25.3 Å². The number of fused-ring (bicyclic) bond motifs is 3. The molecule has 0 saturated heterocycles. The number of methoxy groups -OCH3 is 1. The maximum absolute atomic E-state index is 12.9. The van der Waals surface area contributed by atoms with Crippen molar-refractivity contribution < 1.29 is 23.4 Å². The van der Waals surface area contributed by atoms with Crippen molar-refractivity contribution in [2.24, 2.45) is 11.1 Å². The third-order valence-electron chi connectivity index (χ3n) is 7.00. The van der Waals surface area contributed by atoms with Crippen molar-refractivity contribution in [2.75, 3.05) is 46.6 Å². The summed E-state index contributed by atoms with van der Waals surface area (Å²) in [6.07, 6.45) is 6.33. The number of carbonyl (C=O) groups excluding carboxylic acids is 1.